The topological polar surface area (TPSA) is 39.4 Å². The largest absolute Gasteiger partial charge is 0.484 e. The Labute approximate surface area is 144 Å². The van der Waals surface area contributed by atoms with Gasteiger partial charge in [-0.05, 0) is 35.8 Å². The molecule has 3 aromatic rings. The van der Waals surface area contributed by atoms with Gasteiger partial charge in [0.1, 0.15) is 17.4 Å². The van der Waals surface area contributed by atoms with E-state index in [1.165, 1.54) is 5.57 Å². The van der Waals surface area contributed by atoms with Crippen LogP contribution in [0, 0.1) is 5.92 Å². The van der Waals surface area contributed by atoms with Crippen molar-refractivity contribution in [3.05, 3.63) is 93.9 Å². The fraction of sp³-hybridized carbons (Fsp3) is 0.136. The van der Waals surface area contributed by atoms with Crippen molar-refractivity contribution in [3.63, 3.8) is 0 Å². The lowest BCUT2D eigenvalue weighted by Gasteiger charge is -2.29. The minimum Gasteiger partial charge on any atom is -0.484 e. The summed E-state index contributed by atoms with van der Waals surface area (Å²) in [6.45, 7) is 0. The van der Waals surface area contributed by atoms with Gasteiger partial charge in [-0.3, -0.25) is 0 Å². The van der Waals surface area contributed by atoms with Gasteiger partial charge in [-0.1, -0.05) is 54.6 Å². The molecule has 1 aliphatic carbocycles. The van der Waals surface area contributed by atoms with Crippen molar-refractivity contribution in [3.8, 4) is 5.75 Å². The first-order valence-corrected chi connectivity index (χ1v) is 8.46. The van der Waals surface area contributed by atoms with Crippen molar-refractivity contribution < 1.29 is 9.15 Å². The van der Waals surface area contributed by atoms with Crippen LogP contribution in [-0.4, -0.2) is 6.10 Å². The molecule has 2 aromatic carbocycles. The summed E-state index contributed by atoms with van der Waals surface area (Å²) in [7, 11) is 0. The minimum atomic E-state index is -0.293. The number of benzene rings is 2. The van der Waals surface area contributed by atoms with E-state index in [9.17, 15) is 4.79 Å². The highest BCUT2D eigenvalue weighted by molar-refractivity contribution is 5.84. The highest BCUT2D eigenvalue weighted by Gasteiger charge is 2.36. The second kappa shape index (κ2) is 5.49. The number of fused-ring (bicyclic) bond motifs is 4. The van der Waals surface area contributed by atoms with Crippen LogP contribution in [0.5, 0.6) is 5.75 Å². The van der Waals surface area contributed by atoms with E-state index in [4.69, 9.17) is 9.15 Å². The van der Waals surface area contributed by atoms with Crippen molar-refractivity contribution >= 4 is 17.0 Å². The maximum Gasteiger partial charge on any atom is 0.343 e. The van der Waals surface area contributed by atoms with Crippen LogP contribution in [0.25, 0.3) is 17.0 Å². The highest BCUT2D eigenvalue weighted by Crippen LogP contribution is 2.41. The van der Waals surface area contributed by atoms with E-state index in [0.717, 1.165) is 10.9 Å². The Kier molecular flexibility index (Phi) is 3.14. The van der Waals surface area contributed by atoms with Gasteiger partial charge in [0.25, 0.3) is 0 Å². The fourth-order valence-electron chi connectivity index (χ4n) is 3.73. The van der Waals surface area contributed by atoms with Crippen LogP contribution in [0.15, 0.2) is 81.5 Å². The Balaban J connectivity index is 1.59. The van der Waals surface area contributed by atoms with Crippen LogP contribution in [0.2, 0.25) is 0 Å². The second-order valence-corrected chi connectivity index (χ2v) is 6.50. The molecule has 3 nitrogen and oxygen atoms in total. The molecule has 1 aliphatic heterocycles. The molecular formula is C22H16O3. The third kappa shape index (κ3) is 2.31. The zero-order valence-electron chi connectivity index (χ0n) is 13.5. The van der Waals surface area contributed by atoms with Gasteiger partial charge in [-0.15, -0.1) is 0 Å². The maximum atomic E-state index is 12.4. The summed E-state index contributed by atoms with van der Waals surface area (Å²) in [5, 5.41) is 0.865. The van der Waals surface area contributed by atoms with E-state index in [-0.39, 0.29) is 17.6 Å². The standard InChI is InChI=1S/C22H16O3/c23-22-18-13-17-15(12-14-6-2-1-3-7-14)10-11-20(17)24-21(18)16-8-4-5-9-19(16)25-22/h1-12,17,20H,13H2/b15-12-/t17-,20+/m1/s1. The van der Waals surface area contributed by atoms with Crippen LogP contribution >= 0.6 is 0 Å². The molecule has 25 heavy (non-hydrogen) atoms. The molecule has 0 radical (unpaired) electrons. The van der Waals surface area contributed by atoms with Crippen molar-refractivity contribution in [1.29, 1.82) is 0 Å². The van der Waals surface area contributed by atoms with Crippen LogP contribution in [0.3, 0.4) is 0 Å². The van der Waals surface area contributed by atoms with E-state index in [2.05, 4.69) is 30.4 Å². The molecule has 2 aliphatic rings. The van der Waals surface area contributed by atoms with Gasteiger partial charge < -0.3 is 9.15 Å². The maximum absolute atomic E-state index is 12.4. The Morgan fingerprint density at radius 3 is 2.68 bits per heavy atom. The summed E-state index contributed by atoms with van der Waals surface area (Å²) in [5.41, 5.74) is 3.26. The minimum absolute atomic E-state index is 0.0346. The zero-order valence-corrected chi connectivity index (χ0v) is 13.5. The summed E-state index contributed by atoms with van der Waals surface area (Å²) in [6, 6.07) is 17.7. The monoisotopic (exact) mass is 328 g/mol. The molecule has 1 aromatic heterocycles. The number of hydrogen-bond acceptors (Lipinski definition) is 3. The van der Waals surface area contributed by atoms with Gasteiger partial charge in [0.05, 0.1) is 10.9 Å². The molecule has 122 valence electrons. The van der Waals surface area contributed by atoms with Crippen LogP contribution in [0.1, 0.15) is 11.1 Å². The van der Waals surface area contributed by atoms with E-state index in [1.54, 1.807) is 6.07 Å². The predicted molar refractivity (Wildman–Crippen MR) is 97.7 cm³/mol. The molecule has 2 heterocycles. The van der Waals surface area contributed by atoms with Crippen LogP contribution in [-0.2, 0) is 6.42 Å². The second-order valence-electron chi connectivity index (χ2n) is 6.50. The molecule has 0 unspecified atom stereocenters. The zero-order chi connectivity index (χ0) is 16.8. The molecule has 2 atom stereocenters. The Morgan fingerprint density at radius 2 is 1.80 bits per heavy atom. The Bertz CT molecular complexity index is 1070. The smallest absolute Gasteiger partial charge is 0.343 e. The summed E-state index contributed by atoms with van der Waals surface area (Å²) >= 11 is 0. The first-order chi connectivity index (χ1) is 12.3. The molecule has 0 saturated carbocycles. The van der Waals surface area contributed by atoms with Crippen LogP contribution < -0.4 is 10.4 Å². The molecular weight excluding hydrogens is 312 g/mol. The summed E-state index contributed by atoms with van der Waals surface area (Å²) in [6.07, 6.45) is 6.97. The summed E-state index contributed by atoms with van der Waals surface area (Å²) in [5.74, 6) is 0.829. The lowest BCUT2D eigenvalue weighted by molar-refractivity contribution is 0.183. The molecule has 0 fully saturated rings. The summed E-state index contributed by atoms with van der Waals surface area (Å²) in [4.78, 5) is 12.4. The average molecular weight is 328 g/mol. The fourth-order valence-corrected chi connectivity index (χ4v) is 3.73. The molecule has 0 N–H and O–H groups in total. The van der Waals surface area contributed by atoms with Gasteiger partial charge in [0, 0.05) is 5.92 Å². The normalized spacial score (nSPS) is 22.6. The van der Waals surface area contributed by atoms with Gasteiger partial charge >= 0.3 is 5.63 Å². The summed E-state index contributed by atoms with van der Waals surface area (Å²) < 4.78 is 11.7. The Hall–Kier alpha value is -3.07. The van der Waals surface area contributed by atoms with Gasteiger partial charge in [0.15, 0.2) is 0 Å². The van der Waals surface area contributed by atoms with E-state index in [0.29, 0.717) is 23.3 Å². The van der Waals surface area contributed by atoms with Crippen molar-refractivity contribution in [1.82, 2.24) is 0 Å². The quantitative estimate of drug-likeness (QED) is 0.623. The Morgan fingerprint density at radius 1 is 1.00 bits per heavy atom. The number of ether oxygens (including phenoxy) is 1. The number of allylic oxidation sites excluding steroid dienone is 1. The first kappa shape index (κ1) is 14.3. The number of para-hydroxylation sites is 1. The molecule has 0 spiro atoms. The molecule has 0 amide bonds. The van der Waals surface area contributed by atoms with Gasteiger partial charge in [-0.25, -0.2) is 4.79 Å². The van der Waals surface area contributed by atoms with E-state index in [1.807, 2.05) is 36.4 Å². The molecule has 0 saturated heterocycles. The van der Waals surface area contributed by atoms with Gasteiger partial charge in [0.2, 0.25) is 0 Å². The molecule has 3 heteroatoms. The van der Waals surface area contributed by atoms with Gasteiger partial charge in [-0.2, -0.15) is 0 Å². The lowest BCUT2D eigenvalue weighted by Crippen LogP contribution is -2.32. The highest BCUT2D eigenvalue weighted by atomic mass is 16.5. The average Bonchev–Trinajstić information content (AvgIpc) is 3.03. The number of rotatable bonds is 1. The van der Waals surface area contributed by atoms with Crippen LogP contribution in [0.4, 0.5) is 0 Å². The number of hydrogen-bond donors (Lipinski definition) is 0. The molecule has 5 rings (SSSR count). The molecule has 0 bridgehead atoms. The lowest BCUT2D eigenvalue weighted by atomic mass is 9.88. The SMILES string of the molecule is O=c1oc2ccccc2c2c1C[C@@H]1/C(=C\c3ccccc3)C=C[C@@H]1O2. The first-order valence-electron chi connectivity index (χ1n) is 8.46. The van der Waals surface area contributed by atoms with Crippen molar-refractivity contribution in [2.24, 2.45) is 5.92 Å². The van der Waals surface area contributed by atoms with Crippen molar-refractivity contribution in [2.75, 3.05) is 0 Å². The third-order valence-corrected chi connectivity index (χ3v) is 4.97. The van der Waals surface area contributed by atoms with E-state index < -0.39 is 0 Å². The predicted octanol–water partition coefficient (Wildman–Crippen LogP) is 4.37. The third-order valence-electron chi connectivity index (χ3n) is 4.97. The van der Waals surface area contributed by atoms with E-state index >= 15 is 0 Å². The van der Waals surface area contributed by atoms with Crippen molar-refractivity contribution in [2.45, 2.75) is 12.5 Å².